The van der Waals surface area contributed by atoms with E-state index in [2.05, 4.69) is 10.1 Å². The van der Waals surface area contributed by atoms with Crippen LogP contribution in [-0.2, 0) is 10.3 Å². The molecule has 1 aromatic rings. The summed E-state index contributed by atoms with van der Waals surface area (Å²) in [6, 6.07) is 0.0818. The van der Waals surface area contributed by atoms with Gasteiger partial charge in [0, 0.05) is 7.11 Å². The van der Waals surface area contributed by atoms with E-state index in [1.807, 2.05) is 13.8 Å². The molecule has 0 aliphatic heterocycles. The monoisotopic (exact) mass is 185 g/mol. The number of nitrogen functional groups attached to an aromatic ring is 1. The molecule has 0 amide bonds. The molecule has 0 saturated carbocycles. The number of nitrogens with two attached hydrogens (primary N) is 1. The predicted molar refractivity (Wildman–Crippen MR) is 48.0 cm³/mol. The Kier molecular flexibility index (Phi) is 2.87. The largest absolute Gasteiger partial charge is 0.370 e. The average molecular weight is 185 g/mol. The van der Waals surface area contributed by atoms with Crippen LogP contribution in [0.1, 0.15) is 32.5 Å². The van der Waals surface area contributed by atoms with Gasteiger partial charge in [0.25, 0.3) is 0 Å². The van der Waals surface area contributed by atoms with Crippen molar-refractivity contribution in [3.8, 4) is 0 Å². The van der Waals surface area contributed by atoms with Crippen LogP contribution in [-0.4, -0.2) is 17.3 Å². The summed E-state index contributed by atoms with van der Waals surface area (Å²) in [5.41, 5.74) is 4.89. The van der Waals surface area contributed by atoms with E-state index in [4.69, 9.17) is 15.0 Å². The Morgan fingerprint density at radius 2 is 2.08 bits per heavy atom. The number of aromatic nitrogens is 2. The van der Waals surface area contributed by atoms with Gasteiger partial charge in [-0.25, -0.2) is 0 Å². The molecule has 5 heteroatoms. The molecule has 0 radical (unpaired) electrons. The highest BCUT2D eigenvalue weighted by atomic mass is 16.5. The highest BCUT2D eigenvalue weighted by Crippen LogP contribution is 2.30. The molecule has 0 unspecified atom stereocenters. The summed E-state index contributed by atoms with van der Waals surface area (Å²) in [6.45, 7) is 4.03. The van der Waals surface area contributed by atoms with Crippen LogP contribution >= 0.6 is 0 Å². The number of anilines is 1. The van der Waals surface area contributed by atoms with Gasteiger partial charge in [0.15, 0.2) is 0 Å². The molecule has 5 nitrogen and oxygen atoms in total. The van der Waals surface area contributed by atoms with Crippen molar-refractivity contribution >= 4 is 6.01 Å². The normalized spacial score (nSPS) is 11.9. The van der Waals surface area contributed by atoms with Gasteiger partial charge in [-0.1, -0.05) is 19.0 Å². The molecule has 2 N–H and O–H groups in total. The maximum absolute atomic E-state index is 5.40. The fraction of sp³-hybridized carbons (Fsp3) is 0.750. The van der Waals surface area contributed by atoms with Gasteiger partial charge in [-0.2, -0.15) is 4.98 Å². The summed E-state index contributed by atoms with van der Waals surface area (Å²) in [5, 5.41) is 3.76. The standard InChI is InChI=1S/C8H15N3O2/c1-4-8(5-2,12-3)6-10-7(9)13-11-6/h4-5H2,1-3H3,(H2,9,10,11). The molecule has 0 fully saturated rings. The van der Waals surface area contributed by atoms with Crippen LogP contribution < -0.4 is 5.73 Å². The Labute approximate surface area is 77.3 Å². The molecule has 13 heavy (non-hydrogen) atoms. The first-order valence-corrected chi connectivity index (χ1v) is 4.33. The van der Waals surface area contributed by atoms with Gasteiger partial charge < -0.3 is 15.0 Å². The Morgan fingerprint density at radius 3 is 2.38 bits per heavy atom. The third-order valence-electron chi connectivity index (χ3n) is 2.38. The molecule has 0 spiro atoms. The molecule has 0 saturated heterocycles. The van der Waals surface area contributed by atoms with Crippen LogP contribution in [0.3, 0.4) is 0 Å². The highest BCUT2D eigenvalue weighted by molar-refractivity contribution is 5.11. The second-order valence-electron chi connectivity index (χ2n) is 2.86. The van der Waals surface area contributed by atoms with Crippen LogP contribution in [0.5, 0.6) is 0 Å². The summed E-state index contributed by atoms with van der Waals surface area (Å²) in [4.78, 5) is 3.97. The van der Waals surface area contributed by atoms with Crippen molar-refractivity contribution in [2.24, 2.45) is 0 Å². The second-order valence-corrected chi connectivity index (χ2v) is 2.86. The first-order chi connectivity index (χ1) is 6.18. The quantitative estimate of drug-likeness (QED) is 0.765. The van der Waals surface area contributed by atoms with Gasteiger partial charge in [-0.15, -0.1) is 0 Å². The molecule has 1 aromatic heterocycles. The minimum absolute atomic E-state index is 0.0818. The number of rotatable bonds is 4. The predicted octanol–water partition coefficient (Wildman–Crippen LogP) is 1.31. The molecule has 0 atom stereocenters. The fourth-order valence-corrected chi connectivity index (χ4v) is 1.37. The molecule has 0 aliphatic rings. The molecule has 1 rings (SSSR count). The summed E-state index contributed by atoms with van der Waals surface area (Å²) in [5.74, 6) is 0.525. The zero-order chi connectivity index (χ0) is 9.90. The smallest absolute Gasteiger partial charge is 0.318 e. The number of hydrogen-bond acceptors (Lipinski definition) is 5. The zero-order valence-electron chi connectivity index (χ0n) is 8.20. The van der Waals surface area contributed by atoms with Crippen molar-refractivity contribution in [1.29, 1.82) is 0 Å². The maximum Gasteiger partial charge on any atom is 0.318 e. The fourth-order valence-electron chi connectivity index (χ4n) is 1.37. The van der Waals surface area contributed by atoms with Crippen LogP contribution in [0.15, 0.2) is 4.52 Å². The molecule has 0 aromatic carbocycles. The molecule has 74 valence electrons. The SMILES string of the molecule is CCC(CC)(OC)c1noc(N)n1. The van der Waals surface area contributed by atoms with Gasteiger partial charge in [0.05, 0.1) is 0 Å². The average Bonchev–Trinajstić information content (AvgIpc) is 2.57. The van der Waals surface area contributed by atoms with Crippen molar-refractivity contribution in [1.82, 2.24) is 10.1 Å². The Bertz CT molecular complexity index is 260. The van der Waals surface area contributed by atoms with E-state index in [0.717, 1.165) is 12.8 Å². The topological polar surface area (TPSA) is 74.2 Å². The van der Waals surface area contributed by atoms with Crippen LogP contribution in [0.25, 0.3) is 0 Å². The second kappa shape index (κ2) is 3.74. The summed E-state index contributed by atoms with van der Waals surface area (Å²) < 4.78 is 10.1. The molecule has 0 aliphatic carbocycles. The van der Waals surface area contributed by atoms with Gasteiger partial charge in [-0.05, 0) is 12.8 Å². The van der Waals surface area contributed by atoms with E-state index in [1.165, 1.54) is 0 Å². The van der Waals surface area contributed by atoms with Crippen molar-refractivity contribution in [3.63, 3.8) is 0 Å². The summed E-state index contributed by atoms with van der Waals surface area (Å²) in [6.07, 6.45) is 1.58. The minimum atomic E-state index is -0.457. The van der Waals surface area contributed by atoms with E-state index in [1.54, 1.807) is 7.11 Å². The molecule has 0 bridgehead atoms. The first-order valence-electron chi connectivity index (χ1n) is 4.33. The third kappa shape index (κ3) is 1.65. The van der Waals surface area contributed by atoms with Gasteiger partial charge in [0.1, 0.15) is 5.60 Å². The van der Waals surface area contributed by atoms with Crippen molar-refractivity contribution in [2.45, 2.75) is 32.3 Å². The Morgan fingerprint density at radius 1 is 1.46 bits per heavy atom. The summed E-state index contributed by atoms with van der Waals surface area (Å²) in [7, 11) is 1.64. The molecular weight excluding hydrogens is 170 g/mol. The Hall–Kier alpha value is -1.10. The molecular formula is C8H15N3O2. The zero-order valence-corrected chi connectivity index (χ0v) is 8.20. The number of nitrogens with zero attached hydrogens (tertiary/aromatic N) is 2. The lowest BCUT2D eigenvalue weighted by atomic mass is 9.96. The van der Waals surface area contributed by atoms with Crippen LogP contribution in [0.4, 0.5) is 6.01 Å². The number of hydrogen-bond donors (Lipinski definition) is 1. The van der Waals surface area contributed by atoms with E-state index < -0.39 is 5.60 Å². The van der Waals surface area contributed by atoms with Crippen molar-refractivity contribution in [3.05, 3.63) is 5.82 Å². The van der Waals surface area contributed by atoms with Crippen LogP contribution in [0.2, 0.25) is 0 Å². The van der Waals surface area contributed by atoms with Gasteiger partial charge in [0.2, 0.25) is 5.82 Å². The lowest BCUT2D eigenvalue weighted by Gasteiger charge is -2.25. The summed E-state index contributed by atoms with van der Waals surface area (Å²) >= 11 is 0. The van der Waals surface area contributed by atoms with E-state index >= 15 is 0 Å². The van der Waals surface area contributed by atoms with Crippen LogP contribution in [0, 0.1) is 0 Å². The Balaban J connectivity index is 3.00. The minimum Gasteiger partial charge on any atom is -0.370 e. The first kappa shape index (κ1) is 9.98. The molecule has 1 heterocycles. The third-order valence-corrected chi connectivity index (χ3v) is 2.38. The van der Waals surface area contributed by atoms with E-state index in [0.29, 0.717) is 5.82 Å². The number of ether oxygens (including phenoxy) is 1. The van der Waals surface area contributed by atoms with Crippen molar-refractivity contribution < 1.29 is 9.26 Å². The number of methoxy groups -OCH3 is 1. The van der Waals surface area contributed by atoms with Gasteiger partial charge >= 0.3 is 6.01 Å². The van der Waals surface area contributed by atoms with Crippen molar-refractivity contribution in [2.75, 3.05) is 12.8 Å². The lowest BCUT2D eigenvalue weighted by molar-refractivity contribution is -0.0306. The van der Waals surface area contributed by atoms with E-state index in [-0.39, 0.29) is 6.01 Å². The lowest BCUT2D eigenvalue weighted by Crippen LogP contribution is -2.28. The van der Waals surface area contributed by atoms with E-state index in [9.17, 15) is 0 Å². The van der Waals surface area contributed by atoms with Gasteiger partial charge in [-0.3, -0.25) is 0 Å². The maximum atomic E-state index is 5.40. The highest BCUT2D eigenvalue weighted by Gasteiger charge is 2.33.